The average Bonchev–Trinajstić information content (AvgIpc) is 2.99. The van der Waals surface area contributed by atoms with Gasteiger partial charge in [0.1, 0.15) is 5.82 Å². The molecule has 1 heterocycles. The zero-order valence-corrected chi connectivity index (χ0v) is 10.9. The molecule has 2 aromatic rings. The first-order valence-corrected chi connectivity index (χ1v) is 5.74. The normalized spacial score (nSPS) is 10.0. The smallest absolute Gasteiger partial charge is 0.337 e. The second-order valence-electron chi connectivity index (χ2n) is 3.98. The molecule has 1 N–H and O–H groups in total. The van der Waals surface area contributed by atoms with Gasteiger partial charge in [0.25, 0.3) is 0 Å². The largest absolute Gasteiger partial charge is 0.465 e. The maximum Gasteiger partial charge on any atom is 0.337 e. The molecule has 5 heteroatoms. The van der Waals surface area contributed by atoms with Gasteiger partial charge in [-0.1, -0.05) is 24.8 Å². The second kappa shape index (κ2) is 5.39. The summed E-state index contributed by atoms with van der Waals surface area (Å²) in [5.74, 6) is 0.385. The Labute approximate surface area is 111 Å². The molecule has 0 spiro atoms. The molecular formula is C14H15N3O2. The molecule has 0 saturated carbocycles. The topological polar surface area (TPSA) is 58.2 Å². The Balaban J connectivity index is 2.42. The van der Waals surface area contributed by atoms with E-state index in [2.05, 4.69) is 16.5 Å². The number of anilines is 2. The van der Waals surface area contributed by atoms with Gasteiger partial charge in [-0.15, -0.1) is 0 Å². The summed E-state index contributed by atoms with van der Waals surface area (Å²) in [6.07, 6.45) is 3.31. The number of methoxy groups -OCH3 is 1. The van der Waals surface area contributed by atoms with E-state index < -0.39 is 5.97 Å². The van der Waals surface area contributed by atoms with Crippen molar-refractivity contribution in [3.05, 3.63) is 48.9 Å². The first-order chi connectivity index (χ1) is 9.15. The minimum absolute atomic E-state index is 0.324. The van der Waals surface area contributed by atoms with Crippen LogP contribution in [0, 0.1) is 0 Å². The van der Waals surface area contributed by atoms with Crippen LogP contribution in [0.3, 0.4) is 0 Å². The molecule has 0 atom stereocenters. The number of carbonyl (C=O) groups is 1. The number of para-hydroxylation sites is 1. The Morgan fingerprint density at radius 1 is 1.42 bits per heavy atom. The summed E-state index contributed by atoms with van der Waals surface area (Å²) in [5, 5.41) is 0. The number of aromatic nitrogens is 2. The fraction of sp³-hybridized carbons (Fsp3) is 0.143. The monoisotopic (exact) mass is 257 g/mol. The molecule has 0 radical (unpaired) electrons. The van der Waals surface area contributed by atoms with Gasteiger partial charge in [0.15, 0.2) is 0 Å². The number of imidazole rings is 1. The lowest BCUT2D eigenvalue weighted by molar-refractivity contribution is -0.133. The third-order valence-electron chi connectivity index (χ3n) is 2.87. The zero-order valence-electron chi connectivity index (χ0n) is 10.9. The number of H-pyrrole nitrogens is 1. The standard InChI is InChI=1S/C14H15N3O2/c1-10(14(18)19-3)11-6-4-5-7-12(11)17(2)13-8-15-9-16-13/h4-9H,1H2,2-3H3,(H,15,16). The molecule has 0 fully saturated rings. The SMILES string of the molecule is C=C(C(=O)OC)c1ccccc1N(C)c1cnc[nH]1. The van der Waals surface area contributed by atoms with Crippen LogP contribution in [0.5, 0.6) is 0 Å². The molecule has 19 heavy (non-hydrogen) atoms. The van der Waals surface area contributed by atoms with E-state index in [9.17, 15) is 4.79 Å². The molecule has 0 unspecified atom stereocenters. The molecule has 5 nitrogen and oxygen atoms in total. The summed E-state index contributed by atoms with van der Waals surface area (Å²) in [5.41, 5.74) is 1.90. The Morgan fingerprint density at radius 2 is 2.16 bits per heavy atom. The van der Waals surface area contributed by atoms with Gasteiger partial charge in [0.05, 0.1) is 30.9 Å². The zero-order chi connectivity index (χ0) is 13.8. The number of hydrogen-bond acceptors (Lipinski definition) is 4. The number of esters is 1. The number of ether oxygens (including phenoxy) is 1. The van der Waals surface area contributed by atoms with Gasteiger partial charge in [-0.2, -0.15) is 0 Å². The van der Waals surface area contributed by atoms with Crippen molar-refractivity contribution in [2.75, 3.05) is 19.1 Å². The van der Waals surface area contributed by atoms with Crippen molar-refractivity contribution in [2.24, 2.45) is 0 Å². The van der Waals surface area contributed by atoms with Crippen LogP contribution in [-0.2, 0) is 9.53 Å². The predicted octanol–water partition coefficient (Wildman–Crippen LogP) is 2.36. The van der Waals surface area contributed by atoms with Gasteiger partial charge in [0.2, 0.25) is 0 Å². The van der Waals surface area contributed by atoms with Crippen LogP contribution in [0.2, 0.25) is 0 Å². The number of carbonyl (C=O) groups excluding carboxylic acids is 1. The van der Waals surface area contributed by atoms with E-state index in [1.54, 1.807) is 12.5 Å². The average molecular weight is 257 g/mol. The lowest BCUT2D eigenvalue weighted by Crippen LogP contribution is -2.13. The molecule has 1 aromatic heterocycles. The summed E-state index contributed by atoms with van der Waals surface area (Å²) in [7, 11) is 3.23. The van der Waals surface area contributed by atoms with Gasteiger partial charge in [0, 0.05) is 12.6 Å². The van der Waals surface area contributed by atoms with E-state index >= 15 is 0 Å². The Hall–Kier alpha value is -2.56. The van der Waals surface area contributed by atoms with E-state index in [0.717, 1.165) is 17.1 Å². The minimum atomic E-state index is -0.439. The molecule has 0 saturated heterocycles. The van der Waals surface area contributed by atoms with Crippen LogP contribution in [-0.4, -0.2) is 30.1 Å². The van der Waals surface area contributed by atoms with Gasteiger partial charge >= 0.3 is 5.97 Å². The summed E-state index contributed by atoms with van der Waals surface area (Å²) in [6.45, 7) is 3.79. The first-order valence-electron chi connectivity index (χ1n) is 5.74. The summed E-state index contributed by atoms with van der Waals surface area (Å²) >= 11 is 0. The highest BCUT2D eigenvalue weighted by Gasteiger charge is 2.16. The Kier molecular flexibility index (Phi) is 3.66. The summed E-state index contributed by atoms with van der Waals surface area (Å²) in [4.78, 5) is 20.5. The van der Waals surface area contributed by atoms with Gasteiger partial charge in [-0.25, -0.2) is 9.78 Å². The summed E-state index contributed by atoms with van der Waals surface area (Å²) in [6, 6.07) is 7.50. The maximum absolute atomic E-state index is 11.6. The highest BCUT2D eigenvalue weighted by molar-refractivity contribution is 6.17. The van der Waals surface area contributed by atoms with E-state index in [1.807, 2.05) is 36.2 Å². The van der Waals surface area contributed by atoms with Crippen molar-refractivity contribution < 1.29 is 9.53 Å². The third kappa shape index (κ3) is 2.49. The van der Waals surface area contributed by atoms with Crippen molar-refractivity contribution in [3.8, 4) is 0 Å². The van der Waals surface area contributed by atoms with E-state index in [0.29, 0.717) is 5.57 Å². The third-order valence-corrected chi connectivity index (χ3v) is 2.87. The lowest BCUT2D eigenvalue weighted by atomic mass is 10.0. The van der Waals surface area contributed by atoms with Gasteiger partial charge < -0.3 is 14.6 Å². The predicted molar refractivity (Wildman–Crippen MR) is 74.1 cm³/mol. The van der Waals surface area contributed by atoms with Crippen LogP contribution in [0.25, 0.3) is 5.57 Å². The highest BCUT2D eigenvalue weighted by Crippen LogP contribution is 2.29. The Bertz CT molecular complexity index is 590. The summed E-state index contributed by atoms with van der Waals surface area (Å²) < 4.78 is 4.71. The molecule has 0 aliphatic rings. The van der Waals surface area contributed by atoms with Gasteiger partial charge in [-0.3, -0.25) is 0 Å². The maximum atomic E-state index is 11.6. The van der Waals surface area contributed by atoms with Crippen LogP contribution in [0.15, 0.2) is 43.4 Å². The fourth-order valence-electron chi connectivity index (χ4n) is 1.82. The first kappa shape index (κ1) is 12.9. The number of nitrogens with one attached hydrogen (secondary N) is 1. The van der Waals surface area contributed by atoms with Crippen molar-refractivity contribution in [1.29, 1.82) is 0 Å². The van der Waals surface area contributed by atoms with E-state index in [1.165, 1.54) is 7.11 Å². The van der Waals surface area contributed by atoms with Crippen molar-refractivity contribution >= 4 is 23.0 Å². The molecule has 0 aliphatic carbocycles. The number of nitrogens with zero attached hydrogens (tertiary/aromatic N) is 2. The number of hydrogen-bond donors (Lipinski definition) is 1. The van der Waals surface area contributed by atoms with E-state index in [4.69, 9.17) is 4.74 Å². The number of benzene rings is 1. The molecule has 1 aromatic carbocycles. The highest BCUT2D eigenvalue weighted by atomic mass is 16.5. The molecular weight excluding hydrogens is 242 g/mol. The molecule has 0 aliphatic heterocycles. The van der Waals surface area contributed by atoms with Crippen LogP contribution < -0.4 is 4.90 Å². The second-order valence-corrected chi connectivity index (χ2v) is 3.98. The molecule has 2 rings (SSSR count). The molecule has 98 valence electrons. The van der Waals surface area contributed by atoms with Crippen molar-refractivity contribution in [3.63, 3.8) is 0 Å². The number of aromatic amines is 1. The Morgan fingerprint density at radius 3 is 2.79 bits per heavy atom. The lowest BCUT2D eigenvalue weighted by Gasteiger charge is -2.20. The van der Waals surface area contributed by atoms with Crippen LogP contribution >= 0.6 is 0 Å². The molecule has 0 amide bonds. The quantitative estimate of drug-likeness (QED) is 0.674. The van der Waals surface area contributed by atoms with Crippen molar-refractivity contribution in [1.82, 2.24) is 9.97 Å². The van der Waals surface area contributed by atoms with Crippen molar-refractivity contribution in [2.45, 2.75) is 0 Å². The minimum Gasteiger partial charge on any atom is -0.465 e. The molecule has 0 bridgehead atoms. The van der Waals surface area contributed by atoms with Gasteiger partial charge in [-0.05, 0) is 6.07 Å². The fourth-order valence-corrected chi connectivity index (χ4v) is 1.82. The van der Waals surface area contributed by atoms with E-state index in [-0.39, 0.29) is 0 Å². The van der Waals surface area contributed by atoms with Crippen LogP contribution in [0.4, 0.5) is 11.5 Å². The van der Waals surface area contributed by atoms with Crippen LogP contribution in [0.1, 0.15) is 5.56 Å². The number of rotatable bonds is 4.